The van der Waals surface area contributed by atoms with E-state index in [4.69, 9.17) is 28.4 Å². The number of hydrogen-bond donors (Lipinski definition) is 0. The molecular formula is C28H28OP2S2. The topological polar surface area (TPSA) is 9.23 Å². The summed E-state index contributed by atoms with van der Waals surface area (Å²) in [6, 6.07) is 38.3. The van der Waals surface area contributed by atoms with Crippen LogP contribution < -0.4 is 21.2 Å². The predicted molar refractivity (Wildman–Crippen MR) is 153 cm³/mol. The van der Waals surface area contributed by atoms with Gasteiger partial charge in [-0.25, -0.2) is 0 Å². The molecule has 0 atom stereocenters. The van der Waals surface area contributed by atoms with E-state index in [1.807, 2.05) is 24.3 Å². The molecular weight excluding hydrogens is 478 g/mol. The second-order valence-corrected chi connectivity index (χ2v) is 17.5. The van der Waals surface area contributed by atoms with Crippen molar-refractivity contribution in [3.63, 3.8) is 0 Å². The van der Waals surface area contributed by atoms with Crippen molar-refractivity contribution in [1.82, 2.24) is 0 Å². The highest BCUT2D eigenvalue weighted by atomic mass is 32.4. The van der Waals surface area contributed by atoms with Gasteiger partial charge in [0.15, 0.2) is 0 Å². The molecule has 0 N–H and O–H groups in total. The van der Waals surface area contributed by atoms with Gasteiger partial charge in [-0.05, 0) is 21.2 Å². The minimum atomic E-state index is -1.93. The highest BCUT2D eigenvalue weighted by Gasteiger charge is 2.24. The number of hydrogen-bond acceptors (Lipinski definition) is 3. The Bertz CT molecular complexity index is 1040. The Morgan fingerprint density at radius 1 is 0.424 bits per heavy atom. The lowest BCUT2D eigenvalue weighted by atomic mass is 10.4. The summed E-state index contributed by atoms with van der Waals surface area (Å²) in [6.07, 6.45) is 1.69. The van der Waals surface area contributed by atoms with E-state index >= 15 is 0 Å². The fourth-order valence-electron chi connectivity index (χ4n) is 3.98. The van der Waals surface area contributed by atoms with Crippen LogP contribution in [-0.2, 0) is 28.4 Å². The molecule has 0 bridgehead atoms. The molecule has 0 saturated carbocycles. The average molecular weight is 507 g/mol. The summed E-state index contributed by atoms with van der Waals surface area (Å²) in [5, 5.41) is 4.98. The molecule has 1 nitrogen and oxygen atoms in total. The van der Waals surface area contributed by atoms with Gasteiger partial charge >= 0.3 is 0 Å². The number of benzene rings is 4. The first-order chi connectivity index (χ1) is 16.1. The zero-order valence-electron chi connectivity index (χ0n) is 18.5. The van der Waals surface area contributed by atoms with Crippen LogP contribution >= 0.6 is 12.1 Å². The first-order valence-electron chi connectivity index (χ1n) is 11.1. The standard InChI is InChI=1S/C28H28OP2S2/c32-30(25-13-5-1-6-14-25,26-15-7-2-8-16-26)23-21-29-22-24-31(33,27-17-9-3-10-18-27)28-19-11-4-12-20-28/h1-20H,21-24H2. The zero-order valence-corrected chi connectivity index (χ0v) is 21.9. The van der Waals surface area contributed by atoms with Crippen molar-refractivity contribution >= 4 is 56.9 Å². The third-order valence-corrected chi connectivity index (χ3v) is 15.6. The molecule has 0 aromatic heterocycles. The molecule has 0 amide bonds. The van der Waals surface area contributed by atoms with E-state index < -0.39 is 12.1 Å². The maximum Gasteiger partial charge on any atom is 0.0518 e. The molecule has 0 fully saturated rings. The average Bonchev–Trinajstić information content (AvgIpc) is 2.90. The minimum Gasteiger partial charge on any atom is -0.381 e. The molecule has 0 spiro atoms. The Kier molecular flexibility index (Phi) is 8.47. The van der Waals surface area contributed by atoms with Crippen LogP contribution in [-0.4, -0.2) is 25.5 Å². The molecule has 0 saturated heterocycles. The summed E-state index contributed by atoms with van der Waals surface area (Å²) in [7, 11) is 0. The molecule has 0 aliphatic rings. The molecule has 4 aromatic carbocycles. The lowest BCUT2D eigenvalue weighted by Gasteiger charge is -2.25. The Morgan fingerprint density at radius 3 is 0.909 bits per heavy atom. The quantitative estimate of drug-likeness (QED) is 0.214. The van der Waals surface area contributed by atoms with E-state index in [-0.39, 0.29) is 0 Å². The predicted octanol–water partition coefficient (Wildman–Crippen LogP) is 5.26. The first-order valence-corrected chi connectivity index (χ1v) is 17.1. The van der Waals surface area contributed by atoms with Gasteiger partial charge in [0.25, 0.3) is 0 Å². The Morgan fingerprint density at radius 2 is 0.667 bits per heavy atom. The highest BCUT2D eigenvalue weighted by molar-refractivity contribution is 8.22. The summed E-state index contributed by atoms with van der Waals surface area (Å²) in [5.74, 6) is 0. The van der Waals surface area contributed by atoms with Gasteiger partial charge in [0.05, 0.1) is 13.2 Å². The maximum absolute atomic E-state index is 6.33. The minimum absolute atomic E-state index is 0.639. The van der Waals surface area contributed by atoms with E-state index in [0.717, 1.165) is 12.3 Å². The first kappa shape index (κ1) is 24.3. The van der Waals surface area contributed by atoms with Crippen LogP contribution in [0.25, 0.3) is 0 Å². The fourth-order valence-corrected chi connectivity index (χ4v) is 10.9. The van der Waals surface area contributed by atoms with E-state index in [1.165, 1.54) is 21.2 Å². The lowest BCUT2D eigenvalue weighted by Crippen LogP contribution is -2.22. The van der Waals surface area contributed by atoms with Gasteiger partial charge in [-0.3, -0.25) is 0 Å². The van der Waals surface area contributed by atoms with Gasteiger partial charge in [-0.1, -0.05) is 145 Å². The molecule has 0 aliphatic carbocycles. The van der Waals surface area contributed by atoms with Crippen molar-refractivity contribution in [1.29, 1.82) is 0 Å². The molecule has 4 rings (SSSR count). The lowest BCUT2D eigenvalue weighted by molar-refractivity contribution is 0.166. The normalized spacial score (nSPS) is 11.9. The highest BCUT2D eigenvalue weighted by Crippen LogP contribution is 2.45. The summed E-state index contributed by atoms with van der Waals surface area (Å²) < 4.78 is 6.23. The Balaban J connectivity index is 1.47. The SMILES string of the molecule is S=P(CCOCCP(=S)(c1ccccc1)c1ccccc1)(c1ccccc1)c1ccccc1. The number of ether oxygens (including phenoxy) is 1. The van der Waals surface area contributed by atoms with E-state index in [1.54, 1.807) is 0 Å². The smallest absolute Gasteiger partial charge is 0.0518 e. The second kappa shape index (κ2) is 11.5. The molecule has 33 heavy (non-hydrogen) atoms. The third kappa shape index (κ3) is 5.80. The second-order valence-electron chi connectivity index (χ2n) is 7.88. The number of rotatable bonds is 10. The largest absolute Gasteiger partial charge is 0.381 e. The van der Waals surface area contributed by atoms with Crippen molar-refractivity contribution in [3.05, 3.63) is 121 Å². The molecule has 168 valence electrons. The van der Waals surface area contributed by atoms with Crippen LogP contribution in [0.2, 0.25) is 0 Å². The van der Waals surface area contributed by atoms with E-state index in [9.17, 15) is 0 Å². The Labute approximate surface area is 207 Å². The van der Waals surface area contributed by atoms with Crippen LogP contribution in [0, 0.1) is 0 Å². The van der Waals surface area contributed by atoms with Crippen molar-refractivity contribution in [3.8, 4) is 0 Å². The Hall–Kier alpha value is -1.86. The molecule has 5 heteroatoms. The summed E-state index contributed by atoms with van der Waals surface area (Å²) in [5.41, 5.74) is 0. The van der Waals surface area contributed by atoms with Crippen molar-refractivity contribution in [2.45, 2.75) is 0 Å². The summed E-state index contributed by atoms with van der Waals surface area (Å²) in [6.45, 7) is 1.28. The van der Waals surface area contributed by atoms with Crippen LogP contribution in [0.5, 0.6) is 0 Å². The molecule has 0 unspecified atom stereocenters. The van der Waals surface area contributed by atoms with Gasteiger partial charge in [0.1, 0.15) is 0 Å². The van der Waals surface area contributed by atoms with Gasteiger partial charge in [0.2, 0.25) is 0 Å². The van der Waals surface area contributed by atoms with Gasteiger partial charge in [-0.15, -0.1) is 0 Å². The molecule has 4 aromatic rings. The molecule has 0 aliphatic heterocycles. The van der Waals surface area contributed by atoms with Gasteiger partial charge in [0, 0.05) is 24.4 Å². The van der Waals surface area contributed by atoms with E-state index in [2.05, 4.69) is 97.1 Å². The van der Waals surface area contributed by atoms with Crippen molar-refractivity contribution in [2.75, 3.05) is 25.5 Å². The van der Waals surface area contributed by atoms with Crippen molar-refractivity contribution in [2.24, 2.45) is 0 Å². The van der Waals surface area contributed by atoms with Crippen LogP contribution in [0.3, 0.4) is 0 Å². The van der Waals surface area contributed by atoms with Crippen LogP contribution in [0.1, 0.15) is 0 Å². The van der Waals surface area contributed by atoms with Gasteiger partial charge < -0.3 is 4.74 Å². The maximum atomic E-state index is 6.33. The zero-order chi connectivity index (χ0) is 23.0. The van der Waals surface area contributed by atoms with E-state index in [0.29, 0.717) is 13.2 Å². The van der Waals surface area contributed by atoms with Gasteiger partial charge in [-0.2, -0.15) is 0 Å². The molecule has 0 heterocycles. The van der Waals surface area contributed by atoms with Crippen LogP contribution in [0.15, 0.2) is 121 Å². The molecule has 0 radical (unpaired) electrons. The third-order valence-electron chi connectivity index (χ3n) is 5.79. The van der Waals surface area contributed by atoms with Crippen molar-refractivity contribution < 1.29 is 4.74 Å². The summed E-state index contributed by atoms with van der Waals surface area (Å²) in [4.78, 5) is 0. The van der Waals surface area contributed by atoms with Crippen LogP contribution in [0.4, 0.5) is 0 Å². The monoisotopic (exact) mass is 506 g/mol. The fraction of sp³-hybridized carbons (Fsp3) is 0.143. The summed E-state index contributed by atoms with van der Waals surface area (Å²) >= 11 is 12.7.